The molecule has 73 heavy (non-hydrogen) atoms. The first kappa shape index (κ1) is 70.1. The van der Waals surface area contributed by atoms with E-state index in [-0.39, 0.29) is 31.6 Å². The van der Waals surface area contributed by atoms with Gasteiger partial charge in [-0.2, -0.15) is 0 Å². The number of aliphatic hydroxyl groups is 1. The second-order valence-electron chi connectivity index (χ2n) is 21.1. The molecule has 0 heterocycles. The topological polar surface area (TPSA) is 72.8 Å². The number of ether oxygens (including phenoxy) is 2. The summed E-state index contributed by atoms with van der Waals surface area (Å²) in [5, 5.41) is 9.65. The smallest absolute Gasteiger partial charge is 0.306 e. The third kappa shape index (κ3) is 61.5. The Bertz CT molecular complexity index is 1340. The molecule has 0 aliphatic carbocycles. The van der Waals surface area contributed by atoms with Crippen LogP contribution in [0.4, 0.5) is 0 Å². The third-order valence-corrected chi connectivity index (χ3v) is 14.0. The minimum Gasteiger partial charge on any atom is -0.462 e. The molecule has 0 saturated carbocycles. The number of rotatable bonds is 58. The second-order valence-corrected chi connectivity index (χ2v) is 21.1. The fraction of sp³-hybridized carbons (Fsp3) is 0.765. The average molecular weight is 1020 g/mol. The quantitative estimate of drug-likeness (QED) is 0.0373. The van der Waals surface area contributed by atoms with E-state index in [9.17, 15) is 14.7 Å². The molecule has 1 N–H and O–H groups in total. The van der Waals surface area contributed by atoms with Crippen molar-refractivity contribution in [3.05, 3.63) is 85.1 Å². The molecule has 0 spiro atoms. The molecule has 0 rings (SSSR count). The third-order valence-electron chi connectivity index (χ3n) is 14.0. The van der Waals surface area contributed by atoms with Crippen LogP contribution in [0.3, 0.4) is 0 Å². The van der Waals surface area contributed by atoms with Crippen LogP contribution >= 0.6 is 0 Å². The minimum absolute atomic E-state index is 0.0906. The first-order valence-corrected chi connectivity index (χ1v) is 31.6. The van der Waals surface area contributed by atoms with Gasteiger partial charge in [0.25, 0.3) is 0 Å². The van der Waals surface area contributed by atoms with Crippen LogP contribution in [0.25, 0.3) is 0 Å². The molecule has 1 atom stereocenters. The van der Waals surface area contributed by atoms with Crippen molar-refractivity contribution < 1.29 is 24.2 Å². The highest BCUT2D eigenvalue weighted by molar-refractivity contribution is 5.70. The first-order chi connectivity index (χ1) is 36.1. The van der Waals surface area contributed by atoms with E-state index in [1.807, 2.05) is 0 Å². The maximum Gasteiger partial charge on any atom is 0.306 e. The van der Waals surface area contributed by atoms with Gasteiger partial charge in [-0.25, -0.2) is 0 Å². The largest absolute Gasteiger partial charge is 0.462 e. The number of allylic oxidation sites excluding steroid dienone is 14. The van der Waals surface area contributed by atoms with Crippen molar-refractivity contribution in [2.45, 2.75) is 322 Å². The van der Waals surface area contributed by atoms with Gasteiger partial charge in [0.1, 0.15) is 6.61 Å². The van der Waals surface area contributed by atoms with E-state index in [0.717, 1.165) is 70.6 Å². The standard InChI is InChI=1S/C68H120O5/c1-3-5-7-9-11-13-15-17-19-21-23-25-27-28-29-30-31-32-33-34-35-36-37-38-39-41-42-44-46-48-50-52-54-56-58-60-62-67(70)72-65-66(64-69)73-68(71)63-61-59-57-55-53-51-49-47-45-43-40-26-24-22-20-18-16-14-12-10-8-6-4-2/h6,8,12,14,18,20,24,26,43,45,49,51,55,57,66,69H,3-5,7,9-11,13,15-17,19,21-23,25,27-42,44,46-48,50,52-54,56,58-65H2,1-2H3/b8-6-,14-12-,20-18-,26-24-,45-43-,51-49-,57-55-. The zero-order valence-corrected chi connectivity index (χ0v) is 48.4. The Labute approximate surface area is 454 Å². The van der Waals surface area contributed by atoms with Crippen molar-refractivity contribution in [1.82, 2.24) is 0 Å². The zero-order valence-electron chi connectivity index (χ0n) is 48.4. The van der Waals surface area contributed by atoms with Gasteiger partial charge in [0.05, 0.1) is 6.61 Å². The Hall–Kier alpha value is -2.92. The summed E-state index contributed by atoms with van der Waals surface area (Å²) in [6.07, 6.45) is 89.0. The van der Waals surface area contributed by atoms with Gasteiger partial charge in [-0.1, -0.05) is 324 Å². The molecule has 0 aliphatic rings. The van der Waals surface area contributed by atoms with Crippen LogP contribution < -0.4 is 0 Å². The van der Waals surface area contributed by atoms with Crippen LogP contribution in [-0.4, -0.2) is 36.4 Å². The number of carbonyl (C=O) groups is 2. The number of esters is 2. The predicted octanol–water partition coefficient (Wildman–Crippen LogP) is 21.7. The summed E-state index contributed by atoms with van der Waals surface area (Å²) in [7, 11) is 0. The van der Waals surface area contributed by atoms with Gasteiger partial charge in [-0.3, -0.25) is 9.59 Å². The molecule has 0 bridgehead atoms. The molecule has 5 heteroatoms. The van der Waals surface area contributed by atoms with Gasteiger partial charge in [0, 0.05) is 12.8 Å². The summed E-state index contributed by atoms with van der Waals surface area (Å²) in [6.45, 7) is 4.01. The highest BCUT2D eigenvalue weighted by Gasteiger charge is 2.16. The molecule has 0 aromatic carbocycles. The van der Waals surface area contributed by atoms with Crippen molar-refractivity contribution in [2.75, 3.05) is 13.2 Å². The van der Waals surface area contributed by atoms with Crippen molar-refractivity contribution in [1.29, 1.82) is 0 Å². The summed E-state index contributed by atoms with van der Waals surface area (Å²) in [6, 6.07) is 0. The van der Waals surface area contributed by atoms with E-state index in [1.165, 1.54) is 212 Å². The molecule has 0 aromatic heterocycles. The van der Waals surface area contributed by atoms with Gasteiger partial charge in [-0.05, 0) is 64.2 Å². The Balaban J connectivity index is 3.47. The summed E-state index contributed by atoms with van der Waals surface area (Å²) in [5.74, 6) is -0.653. The van der Waals surface area contributed by atoms with Crippen molar-refractivity contribution in [2.24, 2.45) is 0 Å². The first-order valence-electron chi connectivity index (χ1n) is 31.6. The van der Waals surface area contributed by atoms with Crippen LogP contribution in [0.15, 0.2) is 85.1 Å². The Morgan fingerprint density at radius 1 is 0.329 bits per heavy atom. The van der Waals surface area contributed by atoms with Gasteiger partial charge in [0.2, 0.25) is 0 Å². The Morgan fingerprint density at radius 2 is 0.589 bits per heavy atom. The average Bonchev–Trinajstić information content (AvgIpc) is 3.39. The normalized spacial score (nSPS) is 12.8. The second kappa shape index (κ2) is 63.4. The maximum atomic E-state index is 12.3. The SMILES string of the molecule is CC/C=C\C/C=C\C/C=C\C/C=C\C/C=C\C/C=C\C/C=C\CCCC(=O)OC(CO)COC(=O)CCCCCCCCCCCCCCCCCCCCCCCCCCCCCCCCCCCCCC. The molecule has 1 unspecified atom stereocenters. The van der Waals surface area contributed by atoms with Gasteiger partial charge in [0.15, 0.2) is 6.10 Å². The van der Waals surface area contributed by atoms with Crippen LogP contribution in [0.1, 0.15) is 316 Å². The maximum absolute atomic E-state index is 12.3. The fourth-order valence-electron chi connectivity index (χ4n) is 9.25. The van der Waals surface area contributed by atoms with Crippen molar-refractivity contribution in [3.63, 3.8) is 0 Å². The van der Waals surface area contributed by atoms with Crippen LogP contribution in [0.5, 0.6) is 0 Å². The predicted molar refractivity (Wildman–Crippen MR) is 320 cm³/mol. The molecule has 0 saturated heterocycles. The molecule has 0 fully saturated rings. The lowest BCUT2D eigenvalue weighted by atomic mass is 10.0. The van der Waals surface area contributed by atoms with Gasteiger partial charge in [-0.15, -0.1) is 0 Å². The van der Waals surface area contributed by atoms with E-state index >= 15 is 0 Å². The molecular formula is C68H120O5. The summed E-state index contributed by atoms with van der Waals surface area (Å²) in [4.78, 5) is 24.5. The molecule has 0 aromatic rings. The van der Waals surface area contributed by atoms with Crippen LogP contribution in [0.2, 0.25) is 0 Å². The number of hydrogen-bond acceptors (Lipinski definition) is 5. The number of hydrogen-bond donors (Lipinski definition) is 1. The monoisotopic (exact) mass is 1020 g/mol. The molecule has 422 valence electrons. The van der Waals surface area contributed by atoms with Crippen molar-refractivity contribution in [3.8, 4) is 0 Å². The zero-order chi connectivity index (χ0) is 52.7. The Kier molecular flexibility index (Phi) is 60.8. The van der Waals surface area contributed by atoms with E-state index in [0.29, 0.717) is 12.8 Å². The van der Waals surface area contributed by atoms with Gasteiger partial charge >= 0.3 is 11.9 Å². The van der Waals surface area contributed by atoms with Crippen LogP contribution in [-0.2, 0) is 19.1 Å². The lowest BCUT2D eigenvalue weighted by molar-refractivity contribution is -0.161. The van der Waals surface area contributed by atoms with Crippen LogP contribution in [0, 0.1) is 0 Å². The van der Waals surface area contributed by atoms with E-state index < -0.39 is 6.10 Å². The number of carbonyl (C=O) groups excluding carboxylic acids is 2. The summed E-state index contributed by atoms with van der Waals surface area (Å²) in [5.41, 5.74) is 0. The molecule has 0 amide bonds. The molecular weight excluding hydrogens is 897 g/mol. The molecule has 5 nitrogen and oxygen atoms in total. The van der Waals surface area contributed by atoms with E-state index in [1.54, 1.807) is 0 Å². The van der Waals surface area contributed by atoms with E-state index in [2.05, 4.69) is 98.9 Å². The molecule has 0 radical (unpaired) electrons. The van der Waals surface area contributed by atoms with E-state index in [4.69, 9.17) is 9.47 Å². The fourth-order valence-corrected chi connectivity index (χ4v) is 9.25. The lowest BCUT2D eigenvalue weighted by Gasteiger charge is -2.15. The highest BCUT2D eigenvalue weighted by Crippen LogP contribution is 2.18. The lowest BCUT2D eigenvalue weighted by Crippen LogP contribution is -2.28. The van der Waals surface area contributed by atoms with Crippen molar-refractivity contribution >= 4 is 11.9 Å². The summed E-state index contributed by atoms with van der Waals surface area (Å²) < 4.78 is 10.7. The Morgan fingerprint density at radius 3 is 0.877 bits per heavy atom. The number of unbranched alkanes of at least 4 members (excludes halogenated alkanes) is 36. The molecule has 0 aliphatic heterocycles. The highest BCUT2D eigenvalue weighted by atomic mass is 16.6. The summed E-state index contributed by atoms with van der Waals surface area (Å²) >= 11 is 0. The van der Waals surface area contributed by atoms with Gasteiger partial charge < -0.3 is 14.6 Å². The minimum atomic E-state index is -0.807. The number of aliphatic hydroxyl groups excluding tert-OH is 1.